The number of methoxy groups -OCH3 is 2. The minimum Gasteiger partial charge on any atom is -0.354 e. The van der Waals surface area contributed by atoms with Gasteiger partial charge in [-0.25, -0.2) is 0 Å². The molecule has 84 valence electrons. The van der Waals surface area contributed by atoms with Crippen LogP contribution >= 0.6 is 0 Å². The van der Waals surface area contributed by atoms with Crippen molar-refractivity contribution in [3.63, 3.8) is 0 Å². The van der Waals surface area contributed by atoms with Gasteiger partial charge in [0.1, 0.15) is 0 Å². The Kier molecular flexibility index (Phi) is 4.81. The van der Waals surface area contributed by atoms with Gasteiger partial charge in [0.05, 0.1) is 6.04 Å². The van der Waals surface area contributed by atoms with Crippen molar-refractivity contribution < 1.29 is 9.47 Å². The molecule has 4 heteroatoms. The molecule has 1 fully saturated rings. The largest absolute Gasteiger partial charge is 0.354 e. The summed E-state index contributed by atoms with van der Waals surface area (Å²) in [5, 5.41) is 3.48. The number of nitrogens with one attached hydrogen (secondary N) is 1. The van der Waals surface area contributed by atoms with Crippen LogP contribution in [-0.4, -0.2) is 38.6 Å². The molecule has 0 aromatic heterocycles. The highest BCUT2D eigenvalue weighted by Gasteiger charge is 2.25. The van der Waals surface area contributed by atoms with Crippen LogP contribution < -0.4 is 11.1 Å². The number of hydrogen-bond donors (Lipinski definition) is 2. The third kappa shape index (κ3) is 3.20. The number of hydrogen-bond acceptors (Lipinski definition) is 4. The maximum atomic E-state index is 5.84. The molecule has 0 spiro atoms. The van der Waals surface area contributed by atoms with Gasteiger partial charge in [-0.1, -0.05) is 0 Å². The zero-order valence-electron chi connectivity index (χ0n) is 9.32. The van der Waals surface area contributed by atoms with Gasteiger partial charge in [0.25, 0.3) is 0 Å². The molecular formula is C10H22N2O2. The van der Waals surface area contributed by atoms with E-state index in [1.54, 1.807) is 14.2 Å². The van der Waals surface area contributed by atoms with Crippen molar-refractivity contribution in [3.8, 4) is 0 Å². The van der Waals surface area contributed by atoms with Gasteiger partial charge in [-0.2, -0.15) is 0 Å². The molecule has 4 nitrogen and oxygen atoms in total. The molecule has 0 amide bonds. The summed E-state index contributed by atoms with van der Waals surface area (Å²) in [5.41, 5.74) is 5.84. The zero-order chi connectivity index (χ0) is 10.6. The Hall–Kier alpha value is -0.160. The van der Waals surface area contributed by atoms with E-state index in [-0.39, 0.29) is 12.3 Å². The van der Waals surface area contributed by atoms with E-state index in [1.807, 2.05) is 0 Å². The second-order valence-electron chi connectivity index (χ2n) is 4.07. The third-order valence-corrected chi connectivity index (χ3v) is 2.84. The SMILES string of the molecule is COC(OC)C(C)NC1CCC(N)C1. The van der Waals surface area contributed by atoms with Crippen molar-refractivity contribution in [2.45, 2.75) is 50.6 Å². The van der Waals surface area contributed by atoms with Gasteiger partial charge < -0.3 is 20.5 Å². The monoisotopic (exact) mass is 202 g/mol. The average molecular weight is 202 g/mol. The number of rotatable bonds is 5. The first-order valence-corrected chi connectivity index (χ1v) is 5.24. The lowest BCUT2D eigenvalue weighted by molar-refractivity contribution is -0.120. The molecule has 14 heavy (non-hydrogen) atoms. The van der Waals surface area contributed by atoms with Crippen molar-refractivity contribution in [2.75, 3.05) is 14.2 Å². The van der Waals surface area contributed by atoms with Crippen LogP contribution in [0.1, 0.15) is 26.2 Å². The lowest BCUT2D eigenvalue weighted by atomic mass is 10.2. The lowest BCUT2D eigenvalue weighted by Crippen LogP contribution is -2.44. The van der Waals surface area contributed by atoms with Gasteiger partial charge >= 0.3 is 0 Å². The summed E-state index contributed by atoms with van der Waals surface area (Å²) >= 11 is 0. The number of nitrogens with two attached hydrogens (primary N) is 1. The van der Waals surface area contributed by atoms with E-state index in [1.165, 1.54) is 0 Å². The lowest BCUT2D eigenvalue weighted by Gasteiger charge is -2.25. The summed E-state index contributed by atoms with van der Waals surface area (Å²) in [6.07, 6.45) is 3.16. The molecule has 0 saturated heterocycles. The summed E-state index contributed by atoms with van der Waals surface area (Å²) in [7, 11) is 3.32. The van der Waals surface area contributed by atoms with Crippen molar-refractivity contribution in [1.29, 1.82) is 0 Å². The van der Waals surface area contributed by atoms with Crippen LogP contribution in [0.4, 0.5) is 0 Å². The summed E-state index contributed by atoms with van der Waals surface area (Å²) in [4.78, 5) is 0. The molecule has 1 saturated carbocycles. The Balaban J connectivity index is 2.28. The van der Waals surface area contributed by atoms with Crippen molar-refractivity contribution in [2.24, 2.45) is 5.73 Å². The zero-order valence-corrected chi connectivity index (χ0v) is 9.32. The van der Waals surface area contributed by atoms with Crippen LogP contribution in [0.25, 0.3) is 0 Å². The third-order valence-electron chi connectivity index (χ3n) is 2.84. The Morgan fingerprint density at radius 3 is 2.36 bits per heavy atom. The topological polar surface area (TPSA) is 56.5 Å². The summed E-state index contributed by atoms with van der Waals surface area (Å²) in [6.45, 7) is 2.07. The molecule has 1 rings (SSSR count). The second-order valence-corrected chi connectivity index (χ2v) is 4.07. The predicted octanol–water partition coefficient (Wildman–Crippen LogP) is 0.463. The maximum absolute atomic E-state index is 5.84. The fourth-order valence-electron chi connectivity index (χ4n) is 2.12. The molecule has 3 atom stereocenters. The van der Waals surface area contributed by atoms with Gasteiger partial charge in [-0.15, -0.1) is 0 Å². The molecule has 1 aliphatic rings. The molecule has 0 aromatic carbocycles. The quantitative estimate of drug-likeness (QED) is 0.636. The Bertz CT molecular complexity index is 162. The van der Waals surface area contributed by atoms with E-state index in [9.17, 15) is 0 Å². The van der Waals surface area contributed by atoms with Crippen LogP contribution in [0.3, 0.4) is 0 Å². The molecular weight excluding hydrogens is 180 g/mol. The molecule has 0 bridgehead atoms. The fraction of sp³-hybridized carbons (Fsp3) is 1.00. The van der Waals surface area contributed by atoms with Crippen molar-refractivity contribution in [3.05, 3.63) is 0 Å². The summed E-state index contributed by atoms with van der Waals surface area (Å²) < 4.78 is 10.4. The fourth-order valence-corrected chi connectivity index (χ4v) is 2.12. The van der Waals surface area contributed by atoms with E-state index < -0.39 is 0 Å². The van der Waals surface area contributed by atoms with Crippen molar-refractivity contribution in [1.82, 2.24) is 5.32 Å². The maximum Gasteiger partial charge on any atom is 0.171 e. The van der Waals surface area contributed by atoms with Crippen LogP contribution in [0.15, 0.2) is 0 Å². The van der Waals surface area contributed by atoms with Gasteiger partial charge in [-0.05, 0) is 26.2 Å². The highest BCUT2D eigenvalue weighted by molar-refractivity contribution is 4.84. The average Bonchev–Trinajstić information content (AvgIpc) is 2.53. The minimum atomic E-state index is -0.174. The van der Waals surface area contributed by atoms with Crippen LogP contribution in [0, 0.1) is 0 Å². The molecule has 0 aromatic rings. The Morgan fingerprint density at radius 1 is 1.29 bits per heavy atom. The van der Waals surface area contributed by atoms with E-state index >= 15 is 0 Å². The highest BCUT2D eigenvalue weighted by Crippen LogP contribution is 2.18. The minimum absolute atomic E-state index is 0.174. The molecule has 3 N–H and O–H groups in total. The molecule has 0 aliphatic heterocycles. The summed E-state index contributed by atoms with van der Waals surface area (Å²) in [5.74, 6) is 0. The van der Waals surface area contributed by atoms with Gasteiger partial charge in [0.15, 0.2) is 6.29 Å². The first kappa shape index (κ1) is 11.9. The number of ether oxygens (including phenoxy) is 2. The van der Waals surface area contributed by atoms with Gasteiger partial charge in [-0.3, -0.25) is 0 Å². The predicted molar refractivity (Wildman–Crippen MR) is 56.0 cm³/mol. The summed E-state index contributed by atoms with van der Waals surface area (Å²) in [6, 6.07) is 1.09. The molecule has 0 heterocycles. The van der Waals surface area contributed by atoms with E-state index in [0.717, 1.165) is 19.3 Å². The normalized spacial score (nSPS) is 29.8. The van der Waals surface area contributed by atoms with Crippen LogP contribution in [-0.2, 0) is 9.47 Å². The van der Waals surface area contributed by atoms with Gasteiger partial charge in [0.2, 0.25) is 0 Å². The first-order chi connectivity index (χ1) is 6.67. The van der Waals surface area contributed by atoms with Crippen LogP contribution in [0.5, 0.6) is 0 Å². The van der Waals surface area contributed by atoms with E-state index in [4.69, 9.17) is 15.2 Å². The molecule has 3 unspecified atom stereocenters. The smallest absolute Gasteiger partial charge is 0.171 e. The van der Waals surface area contributed by atoms with Crippen LogP contribution in [0.2, 0.25) is 0 Å². The Labute approximate surface area is 86.1 Å². The van der Waals surface area contributed by atoms with E-state index in [2.05, 4.69) is 12.2 Å². The van der Waals surface area contributed by atoms with E-state index in [0.29, 0.717) is 12.1 Å². The standard InChI is InChI=1S/C10H22N2O2/c1-7(10(13-2)14-3)12-9-5-4-8(11)6-9/h7-10,12H,4-6,11H2,1-3H3. The first-order valence-electron chi connectivity index (χ1n) is 5.24. The molecule has 0 radical (unpaired) electrons. The van der Waals surface area contributed by atoms with Crippen molar-refractivity contribution >= 4 is 0 Å². The molecule has 1 aliphatic carbocycles. The van der Waals surface area contributed by atoms with Gasteiger partial charge in [0, 0.05) is 26.3 Å². The highest BCUT2D eigenvalue weighted by atomic mass is 16.7. The second kappa shape index (κ2) is 5.66. The Morgan fingerprint density at radius 2 is 1.93 bits per heavy atom.